The number of fused-ring (bicyclic) bond motifs is 1. The van der Waals surface area contributed by atoms with Gasteiger partial charge in [-0.2, -0.15) is 0 Å². The summed E-state index contributed by atoms with van der Waals surface area (Å²) in [6.07, 6.45) is 0.146. The van der Waals surface area contributed by atoms with Crippen LogP contribution in [-0.4, -0.2) is 18.7 Å². The van der Waals surface area contributed by atoms with Gasteiger partial charge in [0.25, 0.3) is 0 Å². The summed E-state index contributed by atoms with van der Waals surface area (Å²) in [5, 5.41) is 6.33. The van der Waals surface area contributed by atoms with Crippen LogP contribution in [0.25, 0.3) is 0 Å². The van der Waals surface area contributed by atoms with E-state index in [0.29, 0.717) is 0 Å². The average molecular weight is 282 g/mol. The normalized spacial score (nSPS) is 14.8. The predicted molar refractivity (Wildman–Crippen MR) is 85.1 cm³/mol. The standard InChI is InChI=1S/C16H18N4O/c1-20(12-7-3-2-4-8-12)15(21)11-16(17)18-13-9-5-6-10-14(13)19-16/h2-10,18-19H,11,17H2,1H3. The molecule has 0 fully saturated rings. The molecule has 2 aromatic rings. The molecule has 0 atom stereocenters. The highest BCUT2D eigenvalue weighted by molar-refractivity contribution is 5.94. The van der Waals surface area contributed by atoms with Crippen molar-refractivity contribution in [3.05, 3.63) is 54.6 Å². The summed E-state index contributed by atoms with van der Waals surface area (Å²) in [4.78, 5) is 14.0. The van der Waals surface area contributed by atoms with E-state index in [1.54, 1.807) is 11.9 Å². The second-order valence-corrected chi connectivity index (χ2v) is 5.23. The van der Waals surface area contributed by atoms with Gasteiger partial charge in [-0.1, -0.05) is 30.3 Å². The number of para-hydroxylation sites is 3. The van der Waals surface area contributed by atoms with Gasteiger partial charge in [-0.15, -0.1) is 0 Å². The Labute approximate surface area is 123 Å². The smallest absolute Gasteiger partial charge is 0.232 e. The van der Waals surface area contributed by atoms with Crippen LogP contribution >= 0.6 is 0 Å². The van der Waals surface area contributed by atoms with E-state index in [0.717, 1.165) is 17.1 Å². The van der Waals surface area contributed by atoms with E-state index in [9.17, 15) is 4.79 Å². The van der Waals surface area contributed by atoms with Gasteiger partial charge in [-0.3, -0.25) is 10.5 Å². The number of nitrogens with zero attached hydrogens (tertiary/aromatic N) is 1. The molecule has 4 N–H and O–H groups in total. The molecule has 1 aliphatic rings. The number of carbonyl (C=O) groups is 1. The molecule has 3 rings (SSSR count). The molecular formula is C16H18N4O. The Morgan fingerprint density at radius 2 is 1.57 bits per heavy atom. The first-order chi connectivity index (χ1) is 10.1. The largest absolute Gasteiger partial charge is 0.349 e. The summed E-state index contributed by atoms with van der Waals surface area (Å²) >= 11 is 0. The van der Waals surface area contributed by atoms with Gasteiger partial charge in [0.05, 0.1) is 17.8 Å². The van der Waals surface area contributed by atoms with E-state index in [4.69, 9.17) is 5.73 Å². The van der Waals surface area contributed by atoms with Crippen LogP contribution in [0.5, 0.6) is 0 Å². The summed E-state index contributed by atoms with van der Waals surface area (Å²) in [7, 11) is 1.75. The lowest BCUT2D eigenvalue weighted by Crippen LogP contribution is -2.54. The third kappa shape index (κ3) is 2.68. The monoisotopic (exact) mass is 282 g/mol. The number of amides is 1. The fourth-order valence-corrected chi connectivity index (χ4v) is 2.45. The van der Waals surface area contributed by atoms with Crippen molar-refractivity contribution < 1.29 is 4.79 Å². The second-order valence-electron chi connectivity index (χ2n) is 5.23. The Morgan fingerprint density at radius 1 is 1.05 bits per heavy atom. The lowest BCUT2D eigenvalue weighted by atomic mass is 10.2. The van der Waals surface area contributed by atoms with Gasteiger partial charge >= 0.3 is 0 Å². The van der Waals surface area contributed by atoms with Crippen molar-refractivity contribution in [1.29, 1.82) is 0 Å². The molecule has 0 saturated heterocycles. The van der Waals surface area contributed by atoms with Gasteiger partial charge in [-0.05, 0) is 24.3 Å². The van der Waals surface area contributed by atoms with Gasteiger partial charge in [0.15, 0.2) is 5.79 Å². The Bertz CT molecular complexity index is 631. The third-order valence-corrected chi connectivity index (χ3v) is 3.59. The van der Waals surface area contributed by atoms with Crippen molar-refractivity contribution in [3.63, 3.8) is 0 Å². The highest BCUT2D eigenvalue weighted by Crippen LogP contribution is 2.32. The molecule has 5 heteroatoms. The lowest BCUT2D eigenvalue weighted by Gasteiger charge is -2.28. The fourth-order valence-electron chi connectivity index (χ4n) is 2.45. The van der Waals surface area contributed by atoms with Crippen LogP contribution in [0.1, 0.15) is 6.42 Å². The second kappa shape index (κ2) is 5.10. The summed E-state index contributed by atoms with van der Waals surface area (Å²) < 4.78 is 0. The first kappa shape index (κ1) is 13.5. The average Bonchev–Trinajstić information content (AvgIpc) is 2.82. The Hall–Kier alpha value is -2.53. The predicted octanol–water partition coefficient (Wildman–Crippen LogP) is 2.19. The van der Waals surface area contributed by atoms with Crippen molar-refractivity contribution in [3.8, 4) is 0 Å². The molecule has 0 radical (unpaired) electrons. The number of rotatable bonds is 3. The molecule has 21 heavy (non-hydrogen) atoms. The number of hydrogen-bond donors (Lipinski definition) is 3. The van der Waals surface area contributed by atoms with Crippen LogP contribution in [0.2, 0.25) is 0 Å². The lowest BCUT2D eigenvalue weighted by molar-refractivity contribution is -0.119. The Balaban J connectivity index is 1.71. The molecule has 5 nitrogen and oxygen atoms in total. The zero-order chi connectivity index (χ0) is 14.9. The van der Waals surface area contributed by atoms with Crippen molar-refractivity contribution >= 4 is 23.0 Å². The minimum atomic E-state index is -0.955. The number of hydrogen-bond acceptors (Lipinski definition) is 4. The zero-order valence-corrected chi connectivity index (χ0v) is 11.8. The zero-order valence-electron chi connectivity index (χ0n) is 11.8. The maximum atomic E-state index is 12.4. The number of nitrogens with two attached hydrogens (primary N) is 1. The maximum Gasteiger partial charge on any atom is 0.232 e. The fraction of sp³-hybridized carbons (Fsp3) is 0.188. The van der Waals surface area contributed by atoms with Crippen LogP contribution in [0.3, 0.4) is 0 Å². The Kier molecular flexibility index (Phi) is 3.27. The van der Waals surface area contributed by atoms with E-state index in [2.05, 4.69) is 10.6 Å². The van der Waals surface area contributed by atoms with Crippen molar-refractivity contribution in [2.45, 2.75) is 12.2 Å². The van der Waals surface area contributed by atoms with Crippen molar-refractivity contribution in [2.75, 3.05) is 22.6 Å². The molecule has 2 aromatic carbocycles. The van der Waals surface area contributed by atoms with Gasteiger partial charge < -0.3 is 15.5 Å². The van der Waals surface area contributed by atoms with Crippen molar-refractivity contribution in [2.24, 2.45) is 5.73 Å². The quantitative estimate of drug-likeness (QED) is 0.807. The van der Waals surface area contributed by atoms with E-state index in [1.165, 1.54) is 0 Å². The van der Waals surface area contributed by atoms with E-state index < -0.39 is 5.79 Å². The van der Waals surface area contributed by atoms with Crippen LogP contribution in [0, 0.1) is 0 Å². The molecular weight excluding hydrogens is 264 g/mol. The molecule has 108 valence electrons. The highest BCUT2D eigenvalue weighted by Gasteiger charge is 2.35. The summed E-state index contributed by atoms with van der Waals surface area (Å²) in [6.45, 7) is 0. The molecule has 0 unspecified atom stereocenters. The van der Waals surface area contributed by atoms with Crippen molar-refractivity contribution in [1.82, 2.24) is 0 Å². The van der Waals surface area contributed by atoms with Gasteiger partial charge in [0, 0.05) is 12.7 Å². The molecule has 0 aromatic heterocycles. The summed E-state index contributed by atoms with van der Waals surface area (Å²) in [5.41, 5.74) is 8.93. The van der Waals surface area contributed by atoms with Gasteiger partial charge in [0.2, 0.25) is 5.91 Å². The number of benzene rings is 2. The van der Waals surface area contributed by atoms with Gasteiger partial charge in [-0.25, -0.2) is 0 Å². The topological polar surface area (TPSA) is 70.4 Å². The van der Waals surface area contributed by atoms with Gasteiger partial charge in [0.1, 0.15) is 0 Å². The molecule has 0 bridgehead atoms. The molecule has 0 saturated carbocycles. The van der Waals surface area contributed by atoms with E-state index in [1.807, 2.05) is 54.6 Å². The van der Waals surface area contributed by atoms with E-state index in [-0.39, 0.29) is 12.3 Å². The number of nitrogens with one attached hydrogen (secondary N) is 2. The first-order valence-electron chi connectivity index (χ1n) is 6.83. The molecule has 1 aliphatic heterocycles. The Morgan fingerprint density at radius 3 is 2.14 bits per heavy atom. The van der Waals surface area contributed by atoms with E-state index >= 15 is 0 Å². The third-order valence-electron chi connectivity index (χ3n) is 3.59. The minimum Gasteiger partial charge on any atom is -0.349 e. The minimum absolute atomic E-state index is 0.0588. The molecule has 0 aliphatic carbocycles. The van der Waals surface area contributed by atoms with Crippen LogP contribution in [0.4, 0.5) is 17.1 Å². The number of carbonyl (C=O) groups excluding carboxylic acids is 1. The van der Waals surface area contributed by atoms with Crippen LogP contribution < -0.4 is 21.3 Å². The summed E-state index contributed by atoms with van der Waals surface area (Å²) in [5.74, 6) is -1.01. The highest BCUT2D eigenvalue weighted by atomic mass is 16.2. The first-order valence-corrected chi connectivity index (χ1v) is 6.83. The molecule has 0 spiro atoms. The summed E-state index contributed by atoms with van der Waals surface area (Å²) in [6, 6.07) is 17.2. The maximum absolute atomic E-state index is 12.4. The van der Waals surface area contributed by atoms with Crippen LogP contribution in [-0.2, 0) is 4.79 Å². The molecule has 1 amide bonds. The molecule has 1 heterocycles. The van der Waals surface area contributed by atoms with Crippen LogP contribution in [0.15, 0.2) is 54.6 Å². The SMILES string of the molecule is CN(C(=O)CC1(N)Nc2ccccc2N1)c1ccccc1. The number of anilines is 3.